The molecular formula is C18H18FN3O. The van der Waals surface area contributed by atoms with Crippen LogP contribution in [0.4, 0.5) is 4.39 Å². The number of benzene rings is 2. The third-order valence-corrected chi connectivity index (χ3v) is 3.70. The largest absolute Gasteiger partial charge is 0.394 e. The van der Waals surface area contributed by atoms with Gasteiger partial charge in [0.1, 0.15) is 5.82 Å². The summed E-state index contributed by atoms with van der Waals surface area (Å²) in [5, 5.41) is 16.9. The molecule has 2 aromatic carbocycles. The molecule has 0 amide bonds. The monoisotopic (exact) mass is 311 g/mol. The van der Waals surface area contributed by atoms with Crippen LogP contribution in [-0.4, -0.2) is 21.5 Å². The Morgan fingerprint density at radius 1 is 1.13 bits per heavy atom. The van der Waals surface area contributed by atoms with E-state index in [0.29, 0.717) is 12.1 Å². The predicted octanol–water partition coefficient (Wildman–Crippen LogP) is 2.83. The van der Waals surface area contributed by atoms with E-state index >= 15 is 0 Å². The first-order valence-corrected chi connectivity index (χ1v) is 7.45. The first-order chi connectivity index (χ1) is 11.3. The first kappa shape index (κ1) is 15.4. The van der Waals surface area contributed by atoms with Crippen LogP contribution < -0.4 is 5.32 Å². The summed E-state index contributed by atoms with van der Waals surface area (Å²) in [7, 11) is 0. The second-order valence-electron chi connectivity index (χ2n) is 5.26. The Hall–Kier alpha value is -2.50. The van der Waals surface area contributed by atoms with Crippen LogP contribution in [-0.2, 0) is 6.54 Å². The van der Waals surface area contributed by atoms with Gasteiger partial charge < -0.3 is 10.4 Å². The van der Waals surface area contributed by atoms with Crippen LogP contribution in [0.2, 0.25) is 0 Å². The van der Waals surface area contributed by atoms with Gasteiger partial charge in [-0.05, 0) is 29.8 Å². The van der Waals surface area contributed by atoms with Crippen molar-refractivity contribution in [1.82, 2.24) is 15.1 Å². The SMILES string of the molecule is OCC(NCc1cccc(-n2cccn2)c1)c1ccccc1F. The summed E-state index contributed by atoms with van der Waals surface area (Å²) in [6.07, 6.45) is 3.60. The lowest BCUT2D eigenvalue weighted by atomic mass is 10.1. The number of rotatable bonds is 6. The fourth-order valence-electron chi connectivity index (χ4n) is 2.50. The zero-order chi connectivity index (χ0) is 16.1. The van der Waals surface area contributed by atoms with Gasteiger partial charge in [-0.1, -0.05) is 30.3 Å². The number of hydrogen-bond acceptors (Lipinski definition) is 3. The maximum atomic E-state index is 13.8. The number of halogens is 1. The van der Waals surface area contributed by atoms with Crippen molar-refractivity contribution < 1.29 is 9.50 Å². The van der Waals surface area contributed by atoms with Gasteiger partial charge in [-0.15, -0.1) is 0 Å². The van der Waals surface area contributed by atoms with E-state index in [9.17, 15) is 9.50 Å². The average molecular weight is 311 g/mol. The van der Waals surface area contributed by atoms with Gasteiger partial charge >= 0.3 is 0 Å². The Bertz CT molecular complexity index is 758. The van der Waals surface area contributed by atoms with Crippen molar-refractivity contribution >= 4 is 0 Å². The molecule has 118 valence electrons. The van der Waals surface area contributed by atoms with Crippen molar-refractivity contribution in [3.63, 3.8) is 0 Å². The average Bonchev–Trinajstić information content (AvgIpc) is 3.12. The van der Waals surface area contributed by atoms with Gasteiger partial charge in [0, 0.05) is 24.5 Å². The maximum absolute atomic E-state index is 13.8. The molecule has 1 atom stereocenters. The molecule has 0 saturated carbocycles. The number of hydrogen-bond donors (Lipinski definition) is 2. The highest BCUT2D eigenvalue weighted by Crippen LogP contribution is 2.17. The molecule has 3 aromatic rings. The van der Waals surface area contributed by atoms with Gasteiger partial charge in [0.15, 0.2) is 0 Å². The van der Waals surface area contributed by atoms with Crippen molar-refractivity contribution in [2.24, 2.45) is 0 Å². The molecule has 2 N–H and O–H groups in total. The van der Waals surface area contributed by atoms with Crippen LogP contribution in [0.25, 0.3) is 5.69 Å². The van der Waals surface area contributed by atoms with Crippen molar-refractivity contribution in [3.8, 4) is 5.69 Å². The summed E-state index contributed by atoms with van der Waals surface area (Å²) >= 11 is 0. The molecule has 0 aliphatic carbocycles. The van der Waals surface area contributed by atoms with E-state index in [1.807, 2.05) is 36.5 Å². The van der Waals surface area contributed by atoms with E-state index in [0.717, 1.165) is 11.3 Å². The van der Waals surface area contributed by atoms with E-state index in [2.05, 4.69) is 10.4 Å². The number of aliphatic hydroxyl groups is 1. The third-order valence-electron chi connectivity index (χ3n) is 3.70. The molecule has 1 heterocycles. The van der Waals surface area contributed by atoms with Crippen LogP contribution >= 0.6 is 0 Å². The molecule has 0 aliphatic rings. The number of nitrogens with one attached hydrogen (secondary N) is 1. The molecule has 1 unspecified atom stereocenters. The van der Waals surface area contributed by atoms with Crippen LogP contribution in [0, 0.1) is 5.82 Å². The van der Waals surface area contributed by atoms with Crippen LogP contribution in [0.1, 0.15) is 17.2 Å². The molecule has 0 radical (unpaired) electrons. The molecule has 3 rings (SSSR count). The highest BCUT2D eigenvalue weighted by Gasteiger charge is 2.13. The Morgan fingerprint density at radius 3 is 2.74 bits per heavy atom. The summed E-state index contributed by atoms with van der Waals surface area (Å²) in [4.78, 5) is 0. The molecule has 1 aromatic heterocycles. The Morgan fingerprint density at radius 2 is 2.00 bits per heavy atom. The lowest BCUT2D eigenvalue weighted by Crippen LogP contribution is -2.25. The topological polar surface area (TPSA) is 50.1 Å². The number of aromatic nitrogens is 2. The summed E-state index contributed by atoms with van der Waals surface area (Å²) < 4.78 is 15.6. The number of nitrogens with zero attached hydrogens (tertiary/aromatic N) is 2. The highest BCUT2D eigenvalue weighted by molar-refractivity contribution is 5.35. The summed E-state index contributed by atoms with van der Waals surface area (Å²) in [6, 6.07) is 15.8. The van der Waals surface area contributed by atoms with E-state index in [4.69, 9.17) is 0 Å². The van der Waals surface area contributed by atoms with Gasteiger partial charge in [-0.3, -0.25) is 0 Å². The second kappa shape index (κ2) is 7.17. The van der Waals surface area contributed by atoms with E-state index < -0.39 is 6.04 Å². The van der Waals surface area contributed by atoms with Gasteiger partial charge in [-0.25, -0.2) is 9.07 Å². The van der Waals surface area contributed by atoms with Gasteiger partial charge in [-0.2, -0.15) is 5.10 Å². The minimum absolute atomic E-state index is 0.167. The summed E-state index contributed by atoms with van der Waals surface area (Å²) in [5.41, 5.74) is 2.46. The van der Waals surface area contributed by atoms with Gasteiger partial charge in [0.25, 0.3) is 0 Å². The minimum Gasteiger partial charge on any atom is -0.394 e. The molecule has 5 heteroatoms. The Labute approximate surface area is 134 Å². The van der Waals surface area contributed by atoms with Crippen LogP contribution in [0.15, 0.2) is 67.0 Å². The zero-order valence-electron chi connectivity index (χ0n) is 12.6. The third kappa shape index (κ3) is 3.64. The fraction of sp³-hybridized carbons (Fsp3) is 0.167. The lowest BCUT2D eigenvalue weighted by molar-refractivity contribution is 0.240. The maximum Gasteiger partial charge on any atom is 0.128 e. The van der Waals surface area contributed by atoms with Gasteiger partial charge in [0.2, 0.25) is 0 Å². The normalized spacial score (nSPS) is 12.3. The fourth-order valence-corrected chi connectivity index (χ4v) is 2.50. The van der Waals surface area contributed by atoms with E-state index in [1.165, 1.54) is 6.07 Å². The quantitative estimate of drug-likeness (QED) is 0.736. The smallest absolute Gasteiger partial charge is 0.128 e. The van der Waals surface area contributed by atoms with Gasteiger partial charge in [0.05, 0.1) is 18.3 Å². The molecule has 0 saturated heterocycles. The molecule has 0 aliphatic heterocycles. The molecule has 0 bridgehead atoms. The molecule has 0 fully saturated rings. The Kier molecular flexibility index (Phi) is 4.80. The lowest BCUT2D eigenvalue weighted by Gasteiger charge is -2.17. The van der Waals surface area contributed by atoms with E-state index in [-0.39, 0.29) is 12.4 Å². The zero-order valence-corrected chi connectivity index (χ0v) is 12.6. The predicted molar refractivity (Wildman–Crippen MR) is 86.6 cm³/mol. The first-order valence-electron chi connectivity index (χ1n) is 7.45. The molecule has 0 spiro atoms. The van der Waals surface area contributed by atoms with E-state index in [1.54, 1.807) is 29.1 Å². The molecule has 4 nitrogen and oxygen atoms in total. The van der Waals surface area contributed by atoms with Crippen molar-refractivity contribution in [2.45, 2.75) is 12.6 Å². The Balaban J connectivity index is 1.72. The molecule has 23 heavy (non-hydrogen) atoms. The van der Waals surface area contributed by atoms with Crippen molar-refractivity contribution in [1.29, 1.82) is 0 Å². The number of aliphatic hydroxyl groups excluding tert-OH is 1. The molecular weight excluding hydrogens is 293 g/mol. The van der Waals surface area contributed by atoms with Crippen molar-refractivity contribution in [2.75, 3.05) is 6.61 Å². The van der Waals surface area contributed by atoms with Crippen LogP contribution in [0.5, 0.6) is 0 Å². The second-order valence-corrected chi connectivity index (χ2v) is 5.26. The summed E-state index contributed by atoms with van der Waals surface area (Å²) in [6.45, 7) is 0.356. The van der Waals surface area contributed by atoms with Crippen LogP contribution in [0.3, 0.4) is 0 Å². The highest BCUT2D eigenvalue weighted by atomic mass is 19.1. The minimum atomic E-state index is -0.440. The van der Waals surface area contributed by atoms with Crippen molar-refractivity contribution in [3.05, 3.63) is 83.9 Å². The standard InChI is InChI=1S/C18H18FN3O/c19-17-8-2-1-7-16(17)18(13-23)20-12-14-5-3-6-15(11-14)22-10-4-9-21-22/h1-11,18,20,23H,12-13H2. The summed E-state index contributed by atoms with van der Waals surface area (Å²) in [5.74, 6) is -0.315.